The monoisotopic (exact) mass is 286 g/mol. The quantitative estimate of drug-likeness (QED) is 0.748. The second-order valence-electron chi connectivity index (χ2n) is 5.94. The third kappa shape index (κ3) is 4.35. The van der Waals surface area contributed by atoms with Gasteiger partial charge in [-0.05, 0) is 43.4 Å². The Hall–Kier alpha value is -1.77. The van der Waals surface area contributed by atoms with E-state index in [2.05, 4.69) is 48.2 Å². The Labute approximate surface area is 128 Å². The van der Waals surface area contributed by atoms with Crippen LogP contribution >= 0.6 is 0 Å². The van der Waals surface area contributed by atoms with Crippen LogP contribution in [0.5, 0.6) is 0 Å². The van der Waals surface area contributed by atoms with Crippen LogP contribution in [0.4, 0.5) is 5.69 Å². The van der Waals surface area contributed by atoms with E-state index in [0.717, 1.165) is 19.4 Å². The number of carbonyl (C=O) groups excluding carboxylic acids is 1. The molecule has 3 heteroatoms. The van der Waals surface area contributed by atoms with Gasteiger partial charge in [0, 0.05) is 39.3 Å². The van der Waals surface area contributed by atoms with E-state index in [1.54, 1.807) is 0 Å². The topological polar surface area (TPSA) is 23.6 Å². The summed E-state index contributed by atoms with van der Waals surface area (Å²) in [6.45, 7) is 3.53. The average Bonchev–Trinajstić information content (AvgIpc) is 2.98. The highest BCUT2D eigenvalue weighted by molar-refractivity contribution is 5.76. The first-order valence-electron chi connectivity index (χ1n) is 7.81. The standard InChI is InChI=1S/C18H26N2O/c1-4-20(18(21)13-15-7-5-6-8-15)14-16-9-11-17(12-10-16)19(2)3/h5,7,9-12,15H,4,6,8,13-14H2,1-3H3. The normalized spacial score (nSPS) is 17.0. The number of amides is 1. The molecule has 1 unspecified atom stereocenters. The highest BCUT2D eigenvalue weighted by Crippen LogP contribution is 2.22. The zero-order valence-electron chi connectivity index (χ0n) is 13.4. The zero-order chi connectivity index (χ0) is 15.2. The number of hydrogen-bond acceptors (Lipinski definition) is 2. The van der Waals surface area contributed by atoms with Gasteiger partial charge in [0.2, 0.25) is 5.91 Å². The number of allylic oxidation sites excluding steroid dienone is 2. The summed E-state index contributed by atoms with van der Waals surface area (Å²) < 4.78 is 0. The van der Waals surface area contributed by atoms with E-state index in [0.29, 0.717) is 18.9 Å². The number of hydrogen-bond donors (Lipinski definition) is 0. The molecule has 0 N–H and O–H groups in total. The first kappa shape index (κ1) is 15.6. The van der Waals surface area contributed by atoms with E-state index in [9.17, 15) is 4.79 Å². The van der Waals surface area contributed by atoms with Gasteiger partial charge in [-0.3, -0.25) is 4.79 Å². The number of anilines is 1. The fourth-order valence-electron chi connectivity index (χ4n) is 2.71. The predicted octanol–water partition coefficient (Wildman–Crippen LogP) is 3.46. The molecule has 1 aliphatic carbocycles. The summed E-state index contributed by atoms with van der Waals surface area (Å²) in [4.78, 5) is 16.4. The van der Waals surface area contributed by atoms with Crippen LogP contribution in [0, 0.1) is 5.92 Å². The van der Waals surface area contributed by atoms with Crippen molar-refractivity contribution in [3.8, 4) is 0 Å². The van der Waals surface area contributed by atoms with Crippen molar-refractivity contribution in [1.29, 1.82) is 0 Å². The van der Waals surface area contributed by atoms with E-state index in [1.165, 1.54) is 11.3 Å². The summed E-state index contributed by atoms with van der Waals surface area (Å²) in [7, 11) is 4.07. The maximum Gasteiger partial charge on any atom is 0.223 e. The molecule has 0 radical (unpaired) electrons. The Morgan fingerprint density at radius 1 is 1.24 bits per heavy atom. The molecule has 1 amide bonds. The van der Waals surface area contributed by atoms with Gasteiger partial charge >= 0.3 is 0 Å². The minimum atomic E-state index is 0.269. The molecule has 0 bridgehead atoms. The van der Waals surface area contributed by atoms with Crippen LogP contribution in [-0.4, -0.2) is 31.4 Å². The lowest BCUT2D eigenvalue weighted by atomic mass is 10.0. The van der Waals surface area contributed by atoms with Gasteiger partial charge in [-0.1, -0.05) is 24.3 Å². The summed E-state index contributed by atoms with van der Waals surface area (Å²) >= 11 is 0. The molecule has 0 saturated heterocycles. The zero-order valence-corrected chi connectivity index (χ0v) is 13.4. The molecule has 1 aromatic carbocycles. The van der Waals surface area contributed by atoms with Gasteiger partial charge < -0.3 is 9.80 Å². The predicted molar refractivity (Wildman–Crippen MR) is 88.3 cm³/mol. The van der Waals surface area contributed by atoms with Crippen LogP contribution in [0.15, 0.2) is 36.4 Å². The van der Waals surface area contributed by atoms with Crippen molar-refractivity contribution in [2.45, 2.75) is 32.7 Å². The molecular weight excluding hydrogens is 260 g/mol. The number of benzene rings is 1. The molecule has 1 aromatic rings. The van der Waals surface area contributed by atoms with Crippen molar-refractivity contribution in [1.82, 2.24) is 4.90 Å². The van der Waals surface area contributed by atoms with Crippen LogP contribution in [0.3, 0.4) is 0 Å². The van der Waals surface area contributed by atoms with Crippen LogP contribution in [0.1, 0.15) is 31.7 Å². The molecule has 0 fully saturated rings. The molecule has 0 aliphatic heterocycles. The van der Waals surface area contributed by atoms with Crippen molar-refractivity contribution >= 4 is 11.6 Å². The fraction of sp³-hybridized carbons (Fsp3) is 0.500. The highest BCUT2D eigenvalue weighted by atomic mass is 16.2. The van der Waals surface area contributed by atoms with Crippen molar-refractivity contribution in [2.24, 2.45) is 5.92 Å². The third-order valence-electron chi connectivity index (χ3n) is 4.11. The van der Waals surface area contributed by atoms with Gasteiger partial charge in [0.1, 0.15) is 0 Å². The Morgan fingerprint density at radius 2 is 1.95 bits per heavy atom. The van der Waals surface area contributed by atoms with Gasteiger partial charge in [-0.15, -0.1) is 0 Å². The Kier molecular flexibility index (Phi) is 5.43. The van der Waals surface area contributed by atoms with Gasteiger partial charge in [0.15, 0.2) is 0 Å². The molecule has 1 atom stereocenters. The van der Waals surface area contributed by atoms with Crippen molar-refractivity contribution in [2.75, 3.05) is 25.5 Å². The molecule has 1 aliphatic rings. The SMILES string of the molecule is CCN(Cc1ccc(N(C)C)cc1)C(=O)CC1C=CCC1. The van der Waals surface area contributed by atoms with Crippen LogP contribution in [0.25, 0.3) is 0 Å². The molecule has 0 saturated carbocycles. The average molecular weight is 286 g/mol. The maximum atomic E-state index is 12.4. The van der Waals surface area contributed by atoms with Gasteiger partial charge in [-0.25, -0.2) is 0 Å². The molecule has 2 rings (SSSR count). The lowest BCUT2D eigenvalue weighted by Crippen LogP contribution is -2.31. The van der Waals surface area contributed by atoms with E-state index in [4.69, 9.17) is 0 Å². The van der Waals surface area contributed by atoms with Gasteiger partial charge in [0.25, 0.3) is 0 Å². The minimum Gasteiger partial charge on any atom is -0.378 e. The van der Waals surface area contributed by atoms with Gasteiger partial charge in [-0.2, -0.15) is 0 Å². The van der Waals surface area contributed by atoms with Crippen molar-refractivity contribution in [3.05, 3.63) is 42.0 Å². The third-order valence-corrected chi connectivity index (χ3v) is 4.11. The molecule has 0 spiro atoms. The molecular formula is C18H26N2O. The maximum absolute atomic E-state index is 12.4. The largest absolute Gasteiger partial charge is 0.378 e. The summed E-state index contributed by atoms with van der Waals surface area (Å²) in [6.07, 6.45) is 7.28. The summed E-state index contributed by atoms with van der Waals surface area (Å²) in [5.41, 5.74) is 2.38. The van der Waals surface area contributed by atoms with E-state index in [1.807, 2.05) is 19.0 Å². The Balaban J connectivity index is 1.94. The van der Waals surface area contributed by atoms with E-state index >= 15 is 0 Å². The van der Waals surface area contributed by atoms with Crippen LogP contribution < -0.4 is 4.90 Å². The molecule has 0 aromatic heterocycles. The number of nitrogens with zero attached hydrogens (tertiary/aromatic N) is 2. The van der Waals surface area contributed by atoms with Crippen molar-refractivity contribution < 1.29 is 4.79 Å². The first-order valence-corrected chi connectivity index (χ1v) is 7.81. The van der Waals surface area contributed by atoms with Gasteiger partial charge in [0.05, 0.1) is 0 Å². The second-order valence-corrected chi connectivity index (χ2v) is 5.94. The number of rotatable bonds is 6. The summed E-state index contributed by atoms with van der Waals surface area (Å²) in [6, 6.07) is 8.43. The first-order chi connectivity index (χ1) is 10.1. The van der Waals surface area contributed by atoms with Crippen LogP contribution in [-0.2, 0) is 11.3 Å². The Bertz CT molecular complexity index is 490. The molecule has 3 nitrogen and oxygen atoms in total. The van der Waals surface area contributed by atoms with E-state index in [-0.39, 0.29) is 5.91 Å². The number of carbonyl (C=O) groups is 1. The summed E-state index contributed by atoms with van der Waals surface area (Å²) in [5.74, 6) is 0.716. The summed E-state index contributed by atoms with van der Waals surface area (Å²) in [5, 5.41) is 0. The Morgan fingerprint density at radius 3 is 2.48 bits per heavy atom. The molecule has 0 heterocycles. The van der Waals surface area contributed by atoms with E-state index < -0.39 is 0 Å². The van der Waals surface area contributed by atoms with Crippen molar-refractivity contribution in [3.63, 3.8) is 0 Å². The minimum absolute atomic E-state index is 0.269. The molecule has 114 valence electrons. The van der Waals surface area contributed by atoms with Crippen LogP contribution in [0.2, 0.25) is 0 Å². The highest BCUT2D eigenvalue weighted by Gasteiger charge is 2.18. The molecule has 21 heavy (non-hydrogen) atoms. The fourth-order valence-corrected chi connectivity index (χ4v) is 2.71. The second kappa shape index (κ2) is 7.30. The lowest BCUT2D eigenvalue weighted by molar-refractivity contribution is -0.132. The smallest absolute Gasteiger partial charge is 0.223 e. The lowest BCUT2D eigenvalue weighted by Gasteiger charge is -2.23.